The number of anilines is 1. The molecular weight excluding hydrogens is 212 g/mol. The smallest absolute Gasteiger partial charge is 0.237 e. The van der Waals surface area contributed by atoms with Crippen molar-refractivity contribution in [2.24, 2.45) is 0 Å². The number of ether oxygens (including phenoxy) is 1. The predicted molar refractivity (Wildman–Crippen MR) is 57.9 cm³/mol. The summed E-state index contributed by atoms with van der Waals surface area (Å²) in [6, 6.07) is 3.59. The van der Waals surface area contributed by atoms with Crippen LogP contribution in [0.2, 0.25) is 0 Å². The van der Waals surface area contributed by atoms with E-state index in [1.165, 1.54) is 11.8 Å². The third-order valence-corrected chi connectivity index (χ3v) is 2.59. The number of hydrogen-bond donors (Lipinski definition) is 2. The standard InChI is InChI=1S/C9H10N4OS/c1-14-8-6(10)2-3-7(13-8)15-9-11-4-5-12-9/h2-5H,10H2,1H3,(H,11,12). The lowest BCUT2D eigenvalue weighted by molar-refractivity contribution is 0.397. The Hall–Kier alpha value is -1.69. The van der Waals surface area contributed by atoms with Gasteiger partial charge in [-0.1, -0.05) is 0 Å². The third-order valence-electron chi connectivity index (χ3n) is 1.73. The van der Waals surface area contributed by atoms with Gasteiger partial charge in [-0.15, -0.1) is 0 Å². The fraction of sp³-hybridized carbons (Fsp3) is 0.111. The predicted octanol–water partition coefficient (Wildman–Crippen LogP) is 1.55. The number of nitrogen functional groups attached to an aromatic ring is 1. The van der Waals surface area contributed by atoms with Crippen LogP contribution in [0.25, 0.3) is 0 Å². The second-order valence-corrected chi connectivity index (χ2v) is 3.75. The molecule has 3 N–H and O–H groups in total. The minimum absolute atomic E-state index is 0.437. The van der Waals surface area contributed by atoms with Gasteiger partial charge in [-0.05, 0) is 23.9 Å². The molecule has 0 fully saturated rings. The summed E-state index contributed by atoms with van der Waals surface area (Å²) >= 11 is 1.42. The molecule has 2 aromatic rings. The van der Waals surface area contributed by atoms with E-state index in [4.69, 9.17) is 10.5 Å². The van der Waals surface area contributed by atoms with Crippen LogP contribution >= 0.6 is 11.8 Å². The molecule has 0 aromatic carbocycles. The van der Waals surface area contributed by atoms with Gasteiger partial charge < -0.3 is 15.5 Å². The highest BCUT2D eigenvalue weighted by Gasteiger charge is 2.05. The molecule has 2 aromatic heterocycles. The van der Waals surface area contributed by atoms with Crippen LogP contribution in [0.3, 0.4) is 0 Å². The van der Waals surface area contributed by atoms with E-state index >= 15 is 0 Å². The lowest BCUT2D eigenvalue weighted by Crippen LogP contribution is -1.95. The zero-order chi connectivity index (χ0) is 10.7. The van der Waals surface area contributed by atoms with Crippen molar-refractivity contribution in [1.82, 2.24) is 15.0 Å². The molecule has 0 saturated heterocycles. The Bertz CT molecular complexity index is 443. The fourth-order valence-corrected chi connectivity index (χ4v) is 1.76. The van der Waals surface area contributed by atoms with Crippen molar-refractivity contribution in [2.75, 3.05) is 12.8 Å². The van der Waals surface area contributed by atoms with E-state index in [1.807, 2.05) is 6.07 Å². The molecular formula is C9H10N4OS. The van der Waals surface area contributed by atoms with Crippen molar-refractivity contribution in [3.63, 3.8) is 0 Å². The van der Waals surface area contributed by atoms with Gasteiger partial charge in [0.1, 0.15) is 5.03 Å². The summed E-state index contributed by atoms with van der Waals surface area (Å²) in [5, 5.41) is 1.57. The Balaban J connectivity index is 2.22. The van der Waals surface area contributed by atoms with Crippen LogP contribution in [0.4, 0.5) is 5.69 Å². The number of imidazole rings is 1. The number of methoxy groups -OCH3 is 1. The first-order valence-corrected chi connectivity index (χ1v) is 5.09. The van der Waals surface area contributed by atoms with Crippen molar-refractivity contribution in [1.29, 1.82) is 0 Å². The zero-order valence-electron chi connectivity index (χ0n) is 8.10. The third kappa shape index (κ3) is 2.21. The first kappa shape index (κ1) is 9.85. The normalized spacial score (nSPS) is 10.2. The van der Waals surface area contributed by atoms with Crippen molar-refractivity contribution in [3.05, 3.63) is 24.5 Å². The van der Waals surface area contributed by atoms with Crippen LogP contribution < -0.4 is 10.5 Å². The highest BCUT2D eigenvalue weighted by Crippen LogP contribution is 2.27. The minimum atomic E-state index is 0.437. The van der Waals surface area contributed by atoms with Crippen LogP contribution in [0.15, 0.2) is 34.7 Å². The van der Waals surface area contributed by atoms with E-state index in [-0.39, 0.29) is 0 Å². The largest absolute Gasteiger partial charge is 0.480 e. The maximum atomic E-state index is 5.65. The van der Waals surface area contributed by atoms with Gasteiger partial charge in [0.25, 0.3) is 0 Å². The van der Waals surface area contributed by atoms with Gasteiger partial charge in [-0.3, -0.25) is 0 Å². The van der Waals surface area contributed by atoms with Crippen molar-refractivity contribution in [2.45, 2.75) is 10.2 Å². The van der Waals surface area contributed by atoms with E-state index in [2.05, 4.69) is 15.0 Å². The second-order valence-electron chi connectivity index (χ2n) is 2.74. The Labute approximate surface area is 91.1 Å². The molecule has 0 spiro atoms. The molecule has 78 valence electrons. The Morgan fingerprint density at radius 1 is 1.47 bits per heavy atom. The Morgan fingerprint density at radius 3 is 3.00 bits per heavy atom. The molecule has 0 aliphatic heterocycles. The first-order valence-electron chi connectivity index (χ1n) is 4.27. The van der Waals surface area contributed by atoms with Gasteiger partial charge in [0.05, 0.1) is 12.8 Å². The highest BCUT2D eigenvalue weighted by atomic mass is 32.2. The fourth-order valence-electron chi connectivity index (χ4n) is 1.06. The number of pyridine rings is 1. The molecule has 0 bridgehead atoms. The average molecular weight is 222 g/mol. The van der Waals surface area contributed by atoms with Crippen molar-refractivity contribution in [3.8, 4) is 5.88 Å². The van der Waals surface area contributed by atoms with Crippen LogP contribution in [0.5, 0.6) is 5.88 Å². The van der Waals surface area contributed by atoms with Crippen molar-refractivity contribution < 1.29 is 4.74 Å². The molecule has 5 nitrogen and oxygen atoms in total. The molecule has 2 heterocycles. The Morgan fingerprint density at radius 2 is 2.33 bits per heavy atom. The van der Waals surface area contributed by atoms with E-state index in [0.29, 0.717) is 11.6 Å². The maximum absolute atomic E-state index is 5.65. The van der Waals surface area contributed by atoms with E-state index in [0.717, 1.165) is 10.2 Å². The number of nitrogens with two attached hydrogens (primary N) is 1. The highest BCUT2D eigenvalue weighted by molar-refractivity contribution is 7.99. The number of aromatic amines is 1. The molecule has 0 aliphatic rings. The Kier molecular flexibility index (Phi) is 2.77. The van der Waals surface area contributed by atoms with E-state index < -0.39 is 0 Å². The molecule has 0 unspecified atom stereocenters. The minimum Gasteiger partial charge on any atom is -0.480 e. The SMILES string of the molecule is COc1nc(Sc2ncc[nH]2)ccc1N. The maximum Gasteiger partial charge on any atom is 0.237 e. The average Bonchev–Trinajstić information content (AvgIpc) is 2.73. The summed E-state index contributed by atoms with van der Waals surface area (Å²) in [7, 11) is 1.54. The van der Waals surface area contributed by atoms with Crippen LogP contribution in [0.1, 0.15) is 0 Å². The molecule has 0 saturated carbocycles. The van der Waals surface area contributed by atoms with Crippen LogP contribution in [-0.4, -0.2) is 22.1 Å². The summed E-state index contributed by atoms with van der Waals surface area (Å²) < 4.78 is 5.02. The van der Waals surface area contributed by atoms with E-state index in [9.17, 15) is 0 Å². The lowest BCUT2D eigenvalue weighted by atomic mass is 10.4. The number of H-pyrrole nitrogens is 1. The lowest BCUT2D eigenvalue weighted by Gasteiger charge is -2.04. The van der Waals surface area contributed by atoms with Crippen LogP contribution in [0, 0.1) is 0 Å². The second kappa shape index (κ2) is 4.22. The number of nitrogens with zero attached hydrogens (tertiary/aromatic N) is 2. The summed E-state index contributed by atoms with van der Waals surface area (Å²) in [6.07, 6.45) is 3.45. The van der Waals surface area contributed by atoms with Gasteiger partial charge in [0.15, 0.2) is 5.16 Å². The van der Waals surface area contributed by atoms with Gasteiger partial charge in [0, 0.05) is 12.4 Å². The molecule has 15 heavy (non-hydrogen) atoms. The number of aromatic nitrogens is 3. The summed E-state index contributed by atoms with van der Waals surface area (Å²) in [5.74, 6) is 0.437. The number of rotatable bonds is 3. The van der Waals surface area contributed by atoms with E-state index in [1.54, 1.807) is 25.6 Å². The van der Waals surface area contributed by atoms with Gasteiger partial charge >= 0.3 is 0 Å². The molecule has 0 amide bonds. The number of nitrogens with one attached hydrogen (secondary N) is 1. The summed E-state index contributed by atoms with van der Waals surface area (Å²) in [5.41, 5.74) is 6.18. The molecule has 6 heteroatoms. The number of hydrogen-bond acceptors (Lipinski definition) is 5. The van der Waals surface area contributed by atoms with Gasteiger partial charge in [0.2, 0.25) is 5.88 Å². The molecule has 2 rings (SSSR count). The van der Waals surface area contributed by atoms with Gasteiger partial charge in [-0.25, -0.2) is 9.97 Å². The quantitative estimate of drug-likeness (QED) is 0.823. The molecule has 0 radical (unpaired) electrons. The monoisotopic (exact) mass is 222 g/mol. The first-order chi connectivity index (χ1) is 7.29. The molecule has 0 atom stereocenters. The van der Waals surface area contributed by atoms with Crippen LogP contribution in [-0.2, 0) is 0 Å². The zero-order valence-corrected chi connectivity index (χ0v) is 8.91. The van der Waals surface area contributed by atoms with Gasteiger partial charge in [-0.2, -0.15) is 0 Å². The summed E-state index contributed by atoms with van der Waals surface area (Å²) in [6.45, 7) is 0. The summed E-state index contributed by atoms with van der Waals surface area (Å²) in [4.78, 5) is 11.3. The van der Waals surface area contributed by atoms with Crippen molar-refractivity contribution >= 4 is 17.4 Å². The molecule has 0 aliphatic carbocycles. The topological polar surface area (TPSA) is 76.8 Å².